The number of rotatable bonds is 4. The number of nitrogens with zero attached hydrogens (tertiary/aromatic N) is 1. The van der Waals surface area contributed by atoms with Crippen molar-refractivity contribution in [1.29, 1.82) is 0 Å². The maximum Gasteiger partial charge on any atom is 0.119 e. The van der Waals surface area contributed by atoms with E-state index in [0.717, 1.165) is 51.3 Å². The van der Waals surface area contributed by atoms with E-state index in [1.165, 1.54) is 11.1 Å². The van der Waals surface area contributed by atoms with Crippen molar-refractivity contribution in [2.75, 3.05) is 40.0 Å². The first-order valence-electron chi connectivity index (χ1n) is 7.75. The van der Waals surface area contributed by atoms with Crippen molar-refractivity contribution in [2.45, 2.75) is 24.8 Å². The van der Waals surface area contributed by atoms with Gasteiger partial charge < -0.3 is 15.2 Å². The fourth-order valence-corrected chi connectivity index (χ4v) is 3.41. The second kappa shape index (κ2) is 6.32. The van der Waals surface area contributed by atoms with Gasteiger partial charge in [0.05, 0.1) is 25.9 Å². The molecule has 1 aliphatic heterocycles. The lowest BCUT2D eigenvalue weighted by molar-refractivity contribution is -0.0159. The van der Waals surface area contributed by atoms with E-state index in [1.54, 1.807) is 7.11 Å². The summed E-state index contributed by atoms with van der Waals surface area (Å²) in [5.41, 5.74) is 12.4. The summed E-state index contributed by atoms with van der Waals surface area (Å²) < 4.78 is 10.8. The second-order valence-corrected chi connectivity index (χ2v) is 5.87. The van der Waals surface area contributed by atoms with Gasteiger partial charge in [0.1, 0.15) is 5.75 Å². The summed E-state index contributed by atoms with van der Waals surface area (Å²) in [6.45, 7) is 3.95. The highest BCUT2D eigenvalue weighted by molar-refractivity contribution is 5.42. The SMILES string of the molecule is COc1ccc2c(c1)C(CN)(NN1CCOCC1)CCC2. The molecule has 0 saturated carbocycles. The molecule has 1 unspecified atom stereocenters. The Hall–Kier alpha value is -1.14. The van der Waals surface area contributed by atoms with Crippen LogP contribution in [0.15, 0.2) is 18.2 Å². The molecule has 2 aliphatic rings. The molecule has 3 rings (SSSR count). The van der Waals surface area contributed by atoms with Gasteiger partial charge in [-0.25, -0.2) is 10.4 Å². The first-order chi connectivity index (χ1) is 10.3. The number of morpholine rings is 1. The van der Waals surface area contributed by atoms with E-state index >= 15 is 0 Å². The van der Waals surface area contributed by atoms with Crippen LogP contribution in [0.5, 0.6) is 5.75 Å². The van der Waals surface area contributed by atoms with Crippen molar-refractivity contribution in [3.8, 4) is 5.75 Å². The maximum absolute atomic E-state index is 6.20. The molecular weight excluding hydrogens is 266 g/mol. The molecule has 0 aromatic heterocycles. The van der Waals surface area contributed by atoms with Gasteiger partial charge >= 0.3 is 0 Å². The number of fused-ring (bicyclic) bond motifs is 1. The quantitative estimate of drug-likeness (QED) is 0.867. The highest BCUT2D eigenvalue weighted by Crippen LogP contribution is 2.37. The average Bonchev–Trinajstić information content (AvgIpc) is 2.55. The zero-order valence-electron chi connectivity index (χ0n) is 12.7. The highest BCUT2D eigenvalue weighted by Gasteiger charge is 2.37. The molecule has 0 bridgehead atoms. The van der Waals surface area contributed by atoms with Crippen molar-refractivity contribution in [3.05, 3.63) is 29.3 Å². The van der Waals surface area contributed by atoms with Crippen LogP contribution in [0.1, 0.15) is 24.0 Å². The van der Waals surface area contributed by atoms with E-state index < -0.39 is 0 Å². The van der Waals surface area contributed by atoms with E-state index in [1.807, 2.05) is 6.07 Å². The van der Waals surface area contributed by atoms with Gasteiger partial charge in [-0.15, -0.1) is 0 Å². The number of nitrogens with two attached hydrogens (primary N) is 1. The lowest BCUT2D eigenvalue weighted by Crippen LogP contribution is -2.59. The minimum Gasteiger partial charge on any atom is -0.497 e. The van der Waals surface area contributed by atoms with Gasteiger partial charge in [0, 0.05) is 19.6 Å². The Kier molecular flexibility index (Phi) is 4.45. The molecule has 21 heavy (non-hydrogen) atoms. The molecular formula is C16H25N3O2. The molecule has 5 heteroatoms. The number of hydrogen-bond donors (Lipinski definition) is 2. The standard InChI is InChI=1S/C16H25N3O2/c1-20-14-5-4-13-3-2-6-16(12-17,15(13)11-14)18-19-7-9-21-10-8-19/h4-5,11,18H,2-3,6-10,12,17H2,1H3. The summed E-state index contributed by atoms with van der Waals surface area (Å²) in [5.74, 6) is 0.900. The van der Waals surface area contributed by atoms with Crippen LogP contribution in [-0.2, 0) is 16.7 Å². The predicted molar refractivity (Wildman–Crippen MR) is 82.2 cm³/mol. The molecule has 1 heterocycles. The van der Waals surface area contributed by atoms with E-state index in [2.05, 4.69) is 22.6 Å². The van der Waals surface area contributed by atoms with E-state index in [4.69, 9.17) is 15.2 Å². The van der Waals surface area contributed by atoms with E-state index in [0.29, 0.717) is 6.54 Å². The summed E-state index contributed by atoms with van der Waals surface area (Å²) in [7, 11) is 1.71. The van der Waals surface area contributed by atoms with Crippen molar-refractivity contribution in [3.63, 3.8) is 0 Å². The van der Waals surface area contributed by atoms with Crippen molar-refractivity contribution < 1.29 is 9.47 Å². The van der Waals surface area contributed by atoms with Crippen molar-refractivity contribution in [1.82, 2.24) is 10.4 Å². The molecule has 1 saturated heterocycles. The molecule has 1 aromatic carbocycles. The summed E-state index contributed by atoms with van der Waals surface area (Å²) in [4.78, 5) is 0. The van der Waals surface area contributed by atoms with Crippen LogP contribution in [0.4, 0.5) is 0 Å². The largest absolute Gasteiger partial charge is 0.497 e. The molecule has 116 valence electrons. The van der Waals surface area contributed by atoms with Crippen molar-refractivity contribution in [2.24, 2.45) is 5.73 Å². The summed E-state index contributed by atoms with van der Waals surface area (Å²) in [5, 5.41) is 2.25. The minimum absolute atomic E-state index is 0.181. The Bertz CT molecular complexity index is 488. The second-order valence-electron chi connectivity index (χ2n) is 5.87. The normalized spacial score (nSPS) is 26.4. The molecule has 0 radical (unpaired) electrons. The molecule has 1 atom stereocenters. The minimum atomic E-state index is -0.181. The van der Waals surface area contributed by atoms with Gasteiger partial charge in [-0.3, -0.25) is 0 Å². The van der Waals surface area contributed by atoms with Gasteiger partial charge in [0.15, 0.2) is 0 Å². The predicted octanol–water partition coefficient (Wildman–Crippen LogP) is 1.02. The Labute approximate surface area is 126 Å². The zero-order chi connectivity index (χ0) is 14.7. The number of hydrogen-bond acceptors (Lipinski definition) is 5. The smallest absolute Gasteiger partial charge is 0.119 e. The lowest BCUT2D eigenvalue weighted by atomic mass is 9.76. The topological polar surface area (TPSA) is 59.8 Å². The molecule has 1 aromatic rings. The van der Waals surface area contributed by atoms with Crippen LogP contribution in [-0.4, -0.2) is 45.0 Å². The van der Waals surface area contributed by atoms with E-state index in [9.17, 15) is 0 Å². The Balaban J connectivity index is 1.91. The monoisotopic (exact) mass is 291 g/mol. The third kappa shape index (κ3) is 2.92. The third-order valence-electron chi connectivity index (χ3n) is 4.61. The maximum atomic E-state index is 6.20. The number of ether oxygens (including phenoxy) is 2. The fourth-order valence-electron chi connectivity index (χ4n) is 3.41. The molecule has 3 N–H and O–H groups in total. The van der Waals surface area contributed by atoms with Gasteiger partial charge in [-0.2, -0.15) is 0 Å². The highest BCUT2D eigenvalue weighted by atomic mass is 16.5. The Morgan fingerprint density at radius 3 is 2.90 bits per heavy atom. The third-order valence-corrected chi connectivity index (χ3v) is 4.61. The molecule has 1 fully saturated rings. The molecule has 5 nitrogen and oxygen atoms in total. The number of methoxy groups -OCH3 is 1. The van der Waals surface area contributed by atoms with Gasteiger partial charge in [0.25, 0.3) is 0 Å². The lowest BCUT2D eigenvalue weighted by Gasteiger charge is -2.44. The first kappa shape index (κ1) is 14.8. The van der Waals surface area contributed by atoms with Crippen LogP contribution >= 0.6 is 0 Å². The van der Waals surface area contributed by atoms with Crippen LogP contribution in [0.3, 0.4) is 0 Å². The van der Waals surface area contributed by atoms with Crippen molar-refractivity contribution >= 4 is 0 Å². The van der Waals surface area contributed by atoms with Crippen LogP contribution in [0.25, 0.3) is 0 Å². The zero-order valence-corrected chi connectivity index (χ0v) is 12.7. The Morgan fingerprint density at radius 2 is 2.19 bits per heavy atom. The van der Waals surface area contributed by atoms with Gasteiger partial charge in [-0.05, 0) is 42.5 Å². The summed E-state index contributed by atoms with van der Waals surface area (Å²) >= 11 is 0. The van der Waals surface area contributed by atoms with E-state index in [-0.39, 0.29) is 5.54 Å². The number of nitrogens with one attached hydrogen (secondary N) is 1. The van der Waals surface area contributed by atoms with Gasteiger partial charge in [0.2, 0.25) is 0 Å². The number of aryl methyl sites for hydroxylation is 1. The Morgan fingerprint density at radius 1 is 1.38 bits per heavy atom. The first-order valence-corrected chi connectivity index (χ1v) is 7.75. The van der Waals surface area contributed by atoms with Crippen LogP contribution in [0.2, 0.25) is 0 Å². The summed E-state index contributed by atoms with van der Waals surface area (Å²) in [6.07, 6.45) is 3.33. The average molecular weight is 291 g/mol. The van der Waals surface area contributed by atoms with Crippen LogP contribution < -0.4 is 15.9 Å². The fraction of sp³-hybridized carbons (Fsp3) is 0.625. The summed E-state index contributed by atoms with van der Waals surface area (Å²) in [6, 6.07) is 6.37. The molecule has 0 amide bonds. The number of hydrazine groups is 1. The molecule has 1 aliphatic carbocycles. The molecule has 0 spiro atoms. The van der Waals surface area contributed by atoms with Crippen LogP contribution in [0, 0.1) is 0 Å². The van der Waals surface area contributed by atoms with Gasteiger partial charge in [-0.1, -0.05) is 6.07 Å². The number of benzene rings is 1.